The van der Waals surface area contributed by atoms with Gasteiger partial charge in [-0.3, -0.25) is 0 Å². The van der Waals surface area contributed by atoms with Gasteiger partial charge in [0.05, 0.1) is 5.02 Å². The highest BCUT2D eigenvalue weighted by Gasteiger charge is 2.06. The first-order valence-electron chi connectivity index (χ1n) is 4.09. The van der Waals surface area contributed by atoms with Gasteiger partial charge in [-0.15, -0.1) is 0 Å². The number of nitrogens with two attached hydrogens (primary N) is 1. The molecule has 1 rings (SSSR count). The van der Waals surface area contributed by atoms with E-state index in [-0.39, 0.29) is 0 Å². The lowest BCUT2D eigenvalue weighted by atomic mass is 10.0. The molecule has 13 heavy (non-hydrogen) atoms. The van der Waals surface area contributed by atoms with Crippen LogP contribution in [0.4, 0.5) is 5.82 Å². The fraction of sp³-hybridized carbons (Fsp3) is 0.444. The highest BCUT2D eigenvalue weighted by Crippen LogP contribution is 2.19. The molecule has 0 aliphatic rings. The van der Waals surface area contributed by atoms with Crippen LogP contribution in [0.15, 0.2) is 12.3 Å². The molecular formula is C9H12BrClN2. The molecule has 1 aromatic heterocycles. The second kappa shape index (κ2) is 4.82. The first-order chi connectivity index (χ1) is 6.13. The van der Waals surface area contributed by atoms with Crippen LogP contribution in [0, 0.1) is 5.92 Å². The van der Waals surface area contributed by atoms with Crippen molar-refractivity contribution in [1.82, 2.24) is 4.98 Å². The Kier molecular flexibility index (Phi) is 4.00. The molecule has 1 heterocycles. The molecule has 2 N–H and O–H groups in total. The van der Waals surface area contributed by atoms with Gasteiger partial charge < -0.3 is 5.73 Å². The van der Waals surface area contributed by atoms with E-state index in [9.17, 15) is 0 Å². The van der Waals surface area contributed by atoms with Gasteiger partial charge in [0.1, 0.15) is 5.82 Å². The quantitative estimate of drug-likeness (QED) is 0.852. The second-order valence-electron chi connectivity index (χ2n) is 3.16. The largest absolute Gasteiger partial charge is 0.383 e. The minimum atomic E-state index is 0.544. The number of halogens is 2. The Morgan fingerprint density at radius 2 is 2.38 bits per heavy atom. The summed E-state index contributed by atoms with van der Waals surface area (Å²) >= 11 is 9.23. The van der Waals surface area contributed by atoms with Crippen LogP contribution in [-0.2, 0) is 6.42 Å². The van der Waals surface area contributed by atoms with Crippen molar-refractivity contribution in [2.75, 3.05) is 11.1 Å². The Morgan fingerprint density at radius 1 is 1.69 bits per heavy atom. The maximum Gasteiger partial charge on any atom is 0.126 e. The van der Waals surface area contributed by atoms with Crippen LogP contribution in [0.3, 0.4) is 0 Å². The molecule has 0 fully saturated rings. The van der Waals surface area contributed by atoms with E-state index >= 15 is 0 Å². The lowest BCUT2D eigenvalue weighted by Crippen LogP contribution is -2.05. The molecule has 0 aliphatic heterocycles. The lowest BCUT2D eigenvalue weighted by molar-refractivity contribution is 0.663. The molecule has 72 valence electrons. The van der Waals surface area contributed by atoms with Gasteiger partial charge in [-0.05, 0) is 24.0 Å². The molecule has 2 nitrogen and oxygen atoms in total. The fourth-order valence-corrected chi connectivity index (χ4v) is 1.49. The number of rotatable bonds is 3. The molecule has 1 atom stereocenters. The summed E-state index contributed by atoms with van der Waals surface area (Å²) in [5, 5.41) is 1.60. The first-order valence-corrected chi connectivity index (χ1v) is 5.59. The molecular weight excluding hydrogens is 251 g/mol. The van der Waals surface area contributed by atoms with Crippen molar-refractivity contribution in [3.8, 4) is 0 Å². The topological polar surface area (TPSA) is 38.9 Å². The minimum Gasteiger partial charge on any atom is -0.383 e. The number of nitrogen functional groups attached to an aromatic ring is 1. The van der Waals surface area contributed by atoms with Crippen molar-refractivity contribution in [1.29, 1.82) is 0 Å². The molecule has 0 saturated carbocycles. The van der Waals surface area contributed by atoms with Gasteiger partial charge in [-0.25, -0.2) is 4.98 Å². The second-order valence-corrected chi connectivity index (χ2v) is 4.25. The molecule has 0 aliphatic carbocycles. The summed E-state index contributed by atoms with van der Waals surface area (Å²) in [4.78, 5) is 4.00. The van der Waals surface area contributed by atoms with E-state index in [4.69, 9.17) is 17.3 Å². The summed E-state index contributed by atoms with van der Waals surface area (Å²) in [7, 11) is 0. The normalized spacial score (nSPS) is 12.8. The number of anilines is 1. The third-order valence-electron chi connectivity index (χ3n) is 1.80. The molecule has 0 amide bonds. The maximum absolute atomic E-state index is 5.81. The molecule has 4 heteroatoms. The van der Waals surface area contributed by atoms with Crippen LogP contribution < -0.4 is 5.73 Å². The van der Waals surface area contributed by atoms with Gasteiger partial charge in [-0.2, -0.15) is 0 Å². The van der Waals surface area contributed by atoms with Gasteiger partial charge in [0.25, 0.3) is 0 Å². The van der Waals surface area contributed by atoms with Crippen molar-refractivity contribution in [2.45, 2.75) is 13.3 Å². The maximum atomic E-state index is 5.81. The highest BCUT2D eigenvalue weighted by atomic mass is 79.9. The number of aromatic nitrogens is 1. The smallest absolute Gasteiger partial charge is 0.126 e. The fourth-order valence-electron chi connectivity index (χ4n) is 1.09. The SMILES string of the molecule is CC(CBr)Cc1cc(Cl)cnc1N. The van der Waals surface area contributed by atoms with E-state index in [2.05, 4.69) is 27.8 Å². The van der Waals surface area contributed by atoms with Crippen molar-refractivity contribution >= 4 is 33.3 Å². The van der Waals surface area contributed by atoms with Gasteiger partial charge in [0.15, 0.2) is 0 Å². The average molecular weight is 264 g/mol. The van der Waals surface area contributed by atoms with Crippen LogP contribution in [0.1, 0.15) is 12.5 Å². The van der Waals surface area contributed by atoms with E-state index in [0.717, 1.165) is 17.3 Å². The zero-order valence-corrected chi connectivity index (χ0v) is 9.77. The Bertz CT molecular complexity index is 291. The molecule has 0 radical (unpaired) electrons. The summed E-state index contributed by atoms with van der Waals surface area (Å²) in [6, 6.07) is 1.88. The summed E-state index contributed by atoms with van der Waals surface area (Å²) in [6.45, 7) is 2.15. The third-order valence-corrected chi connectivity index (χ3v) is 3.11. The van der Waals surface area contributed by atoms with Gasteiger partial charge in [-0.1, -0.05) is 34.5 Å². The lowest BCUT2D eigenvalue weighted by Gasteiger charge is -2.09. The van der Waals surface area contributed by atoms with Crippen LogP contribution in [0.25, 0.3) is 0 Å². The number of alkyl halides is 1. The monoisotopic (exact) mass is 262 g/mol. The average Bonchev–Trinajstić information content (AvgIpc) is 2.11. The van der Waals surface area contributed by atoms with Gasteiger partial charge >= 0.3 is 0 Å². The number of hydrogen-bond donors (Lipinski definition) is 1. The van der Waals surface area contributed by atoms with Crippen LogP contribution >= 0.6 is 27.5 Å². The Labute approximate surface area is 91.6 Å². The standard InChI is InChI=1S/C9H12BrClN2/c1-6(4-10)2-7-3-8(11)5-13-9(7)12/h3,5-6H,2,4H2,1H3,(H2,12,13). The Balaban J connectivity index is 2.81. The van der Waals surface area contributed by atoms with E-state index in [1.165, 1.54) is 0 Å². The van der Waals surface area contributed by atoms with Crippen LogP contribution in [0.5, 0.6) is 0 Å². The molecule has 1 unspecified atom stereocenters. The molecule has 0 spiro atoms. The van der Waals surface area contributed by atoms with Crippen molar-refractivity contribution < 1.29 is 0 Å². The number of nitrogens with zero attached hydrogens (tertiary/aromatic N) is 1. The van der Waals surface area contributed by atoms with Crippen LogP contribution in [-0.4, -0.2) is 10.3 Å². The molecule has 0 bridgehead atoms. The number of hydrogen-bond acceptors (Lipinski definition) is 2. The van der Waals surface area contributed by atoms with Crippen LogP contribution in [0.2, 0.25) is 5.02 Å². The zero-order valence-electron chi connectivity index (χ0n) is 7.43. The zero-order chi connectivity index (χ0) is 9.84. The van der Waals surface area contributed by atoms with E-state index in [1.807, 2.05) is 6.07 Å². The first kappa shape index (κ1) is 10.8. The summed E-state index contributed by atoms with van der Waals surface area (Å²) in [5.74, 6) is 1.12. The molecule has 1 aromatic rings. The molecule has 0 saturated heterocycles. The third kappa shape index (κ3) is 3.16. The Morgan fingerprint density at radius 3 is 3.00 bits per heavy atom. The minimum absolute atomic E-state index is 0.544. The van der Waals surface area contributed by atoms with E-state index in [1.54, 1.807) is 6.20 Å². The summed E-state index contributed by atoms with van der Waals surface area (Å²) in [6.07, 6.45) is 2.48. The summed E-state index contributed by atoms with van der Waals surface area (Å²) < 4.78 is 0. The molecule has 0 aromatic carbocycles. The van der Waals surface area contributed by atoms with Crippen molar-refractivity contribution in [3.63, 3.8) is 0 Å². The van der Waals surface area contributed by atoms with Crippen molar-refractivity contribution in [2.24, 2.45) is 5.92 Å². The predicted molar refractivity (Wildman–Crippen MR) is 60.3 cm³/mol. The Hall–Kier alpha value is -0.280. The van der Waals surface area contributed by atoms with Crippen molar-refractivity contribution in [3.05, 3.63) is 22.8 Å². The number of pyridine rings is 1. The predicted octanol–water partition coefficient (Wildman–Crippen LogP) is 2.89. The van der Waals surface area contributed by atoms with Gasteiger partial charge in [0.2, 0.25) is 0 Å². The summed E-state index contributed by atoms with van der Waals surface area (Å²) in [5.41, 5.74) is 6.73. The van der Waals surface area contributed by atoms with E-state index in [0.29, 0.717) is 16.8 Å². The van der Waals surface area contributed by atoms with Gasteiger partial charge in [0, 0.05) is 11.5 Å². The van der Waals surface area contributed by atoms with E-state index < -0.39 is 0 Å². The highest BCUT2D eigenvalue weighted by molar-refractivity contribution is 9.09.